The van der Waals surface area contributed by atoms with Crippen molar-refractivity contribution in [2.24, 2.45) is 17.3 Å². The van der Waals surface area contributed by atoms with Gasteiger partial charge in [-0.05, 0) is 100 Å². The number of alkyl halides is 1. The lowest BCUT2D eigenvalue weighted by molar-refractivity contribution is -0.143. The Balaban J connectivity index is 1.16. The summed E-state index contributed by atoms with van der Waals surface area (Å²) in [7, 11) is 0. The van der Waals surface area contributed by atoms with Crippen LogP contribution in [0.25, 0.3) is 0 Å². The molecule has 3 rings (SSSR count). The summed E-state index contributed by atoms with van der Waals surface area (Å²) in [4.78, 5) is 24.8. The number of hydrogen-bond donors (Lipinski definition) is 2. The van der Waals surface area contributed by atoms with Gasteiger partial charge in [-0.15, -0.1) is 11.6 Å². The van der Waals surface area contributed by atoms with E-state index in [0.717, 1.165) is 38.5 Å². The van der Waals surface area contributed by atoms with E-state index >= 15 is 0 Å². The van der Waals surface area contributed by atoms with E-state index in [-0.39, 0.29) is 47.3 Å². The molecule has 2 aliphatic rings. The number of hydrogen-bond acceptors (Lipinski definition) is 7. The highest BCUT2D eigenvalue weighted by atomic mass is 35.5. The molecule has 1 aromatic rings. The molecule has 0 saturated heterocycles. The molecule has 0 aliphatic heterocycles. The smallest absolute Gasteiger partial charge is 0.338 e. The molecule has 0 spiro atoms. The lowest BCUT2D eigenvalue weighted by Crippen LogP contribution is -2.40. The molecule has 0 aromatic heterocycles. The highest BCUT2D eigenvalue weighted by molar-refractivity contribution is 6.21. The van der Waals surface area contributed by atoms with Gasteiger partial charge in [-0.1, -0.05) is 128 Å². The molecule has 0 unspecified atom stereocenters. The van der Waals surface area contributed by atoms with Gasteiger partial charge in [0.1, 0.15) is 5.75 Å². The number of unbranched alkanes of at least 4 members (excludes halogenated alkanes) is 14. The Bertz CT molecular complexity index is 1250. The minimum Gasteiger partial charge on any atom is -0.494 e. The van der Waals surface area contributed by atoms with Gasteiger partial charge < -0.3 is 24.4 Å². The van der Waals surface area contributed by atoms with Crippen LogP contribution in [0.2, 0.25) is 0 Å². The Morgan fingerprint density at radius 3 is 2.12 bits per heavy atom. The van der Waals surface area contributed by atoms with Gasteiger partial charge in [0.25, 0.3) is 0 Å². The third kappa shape index (κ3) is 18.5. The Labute approximate surface area is 345 Å². The summed E-state index contributed by atoms with van der Waals surface area (Å²) < 4.78 is 16.7. The molecule has 0 bridgehead atoms. The molecule has 0 amide bonds. The maximum Gasteiger partial charge on any atom is 0.338 e. The van der Waals surface area contributed by atoms with Crippen molar-refractivity contribution in [2.75, 3.05) is 19.8 Å². The van der Waals surface area contributed by atoms with Crippen LogP contribution in [-0.2, 0) is 14.3 Å². The van der Waals surface area contributed by atoms with E-state index in [9.17, 15) is 19.8 Å². The van der Waals surface area contributed by atoms with Crippen LogP contribution >= 0.6 is 11.6 Å². The molecule has 1 aromatic carbocycles. The summed E-state index contributed by atoms with van der Waals surface area (Å²) >= 11 is 6.63. The second-order valence-electron chi connectivity index (χ2n) is 16.6. The number of rotatable bonds is 32. The van der Waals surface area contributed by atoms with Gasteiger partial charge in [-0.3, -0.25) is 4.79 Å². The van der Waals surface area contributed by atoms with Gasteiger partial charge in [0, 0.05) is 17.7 Å². The average Bonchev–Trinajstić information content (AvgIpc) is 3.44. The zero-order valence-electron chi connectivity index (χ0n) is 35.1. The largest absolute Gasteiger partial charge is 0.494 e. The van der Waals surface area contributed by atoms with Crippen LogP contribution in [-0.4, -0.2) is 59.6 Å². The third-order valence-corrected chi connectivity index (χ3v) is 12.8. The maximum absolute atomic E-state index is 12.6. The monoisotopic (exact) mass is 801 g/mol. The van der Waals surface area contributed by atoms with Crippen LogP contribution in [0.4, 0.5) is 0 Å². The van der Waals surface area contributed by atoms with Crippen LogP contribution in [0.3, 0.4) is 0 Å². The maximum atomic E-state index is 12.6. The van der Waals surface area contributed by atoms with Gasteiger partial charge in [0.15, 0.2) is 0 Å². The van der Waals surface area contributed by atoms with Crippen LogP contribution < -0.4 is 4.74 Å². The first kappa shape index (κ1) is 48.0. The first-order chi connectivity index (χ1) is 27.3. The van der Waals surface area contributed by atoms with Crippen molar-refractivity contribution in [3.8, 4) is 5.75 Å². The van der Waals surface area contributed by atoms with Gasteiger partial charge >= 0.3 is 11.9 Å². The third-order valence-electron chi connectivity index (χ3n) is 12.3. The van der Waals surface area contributed by atoms with E-state index < -0.39 is 6.10 Å². The minimum absolute atomic E-state index is 0.0128. The van der Waals surface area contributed by atoms with Crippen LogP contribution in [0, 0.1) is 17.3 Å². The predicted molar refractivity (Wildman–Crippen MR) is 229 cm³/mol. The molecule has 2 aliphatic carbocycles. The lowest BCUT2D eigenvalue weighted by Gasteiger charge is -2.45. The van der Waals surface area contributed by atoms with E-state index in [1.54, 1.807) is 12.1 Å². The molecule has 0 heterocycles. The molecule has 5 atom stereocenters. The molecule has 56 heavy (non-hydrogen) atoms. The summed E-state index contributed by atoms with van der Waals surface area (Å²) in [6.07, 6.45) is 34.1. The quantitative estimate of drug-likeness (QED) is 0.0324. The summed E-state index contributed by atoms with van der Waals surface area (Å²) in [5.74, 6) is 0.234. The van der Waals surface area contributed by atoms with Crippen LogP contribution in [0.1, 0.15) is 185 Å². The first-order valence-corrected chi connectivity index (χ1v) is 23.1. The van der Waals surface area contributed by atoms with Crippen LogP contribution in [0.5, 0.6) is 5.75 Å². The van der Waals surface area contributed by atoms with Gasteiger partial charge in [0.2, 0.25) is 0 Å². The zero-order chi connectivity index (χ0) is 40.3. The highest BCUT2D eigenvalue weighted by Crippen LogP contribution is 2.48. The number of allylic oxidation sites excluding steroid dienone is 2. The van der Waals surface area contributed by atoms with Crippen molar-refractivity contribution in [3.63, 3.8) is 0 Å². The van der Waals surface area contributed by atoms with Crippen molar-refractivity contribution < 1.29 is 34.0 Å². The number of carbonyl (C=O) groups excluding carboxylic acids is 2. The molecule has 8 heteroatoms. The standard InChI is InChI=1S/C48H77ClO7/c1-3-5-6-7-8-9-10-11-12-13-14-17-20-34-54-40-27-23-26-39(37-40)47(53)56-36-22-21-35-55-46(52)31-19-16-15-18-28-41-42(44(50)38-43(41)49)29-24-30-45(51)48(4-2)32-25-33-48/h15,18,23-24,26-27,29,37,41-45,50-51H,3-14,16-17,19-22,25,28,30-36,38H2,1-2H3/b18-15-,29-24+/t41-,42-,43-,44-,45+/m1/s1. The number of halogens is 1. The summed E-state index contributed by atoms with van der Waals surface area (Å²) in [5.41, 5.74) is 0.558. The number of carbonyl (C=O) groups is 2. The number of esters is 2. The average molecular weight is 802 g/mol. The van der Waals surface area contributed by atoms with Crippen molar-refractivity contribution in [3.05, 3.63) is 54.1 Å². The number of aliphatic hydroxyl groups is 2. The minimum atomic E-state index is -0.462. The van der Waals surface area contributed by atoms with E-state index in [0.29, 0.717) is 63.1 Å². The molecular weight excluding hydrogens is 724 g/mol. The summed E-state index contributed by atoms with van der Waals surface area (Å²) in [5, 5.41) is 21.3. The summed E-state index contributed by atoms with van der Waals surface area (Å²) in [6.45, 7) is 5.66. The number of ether oxygens (including phenoxy) is 3. The normalized spacial score (nSPS) is 21.0. The summed E-state index contributed by atoms with van der Waals surface area (Å²) in [6, 6.07) is 7.18. The zero-order valence-corrected chi connectivity index (χ0v) is 35.9. The molecule has 7 nitrogen and oxygen atoms in total. The molecule has 2 saturated carbocycles. The highest BCUT2D eigenvalue weighted by Gasteiger charge is 2.42. The fraction of sp³-hybridized carbons (Fsp3) is 0.750. The van der Waals surface area contributed by atoms with E-state index in [1.165, 1.54) is 83.5 Å². The van der Waals surface area contributed by atoms with E-state index in [4.69, 9.17) is 25.8 Å². The van der Waals surface area contributed by atoms with Crippen molar-refractivity contribution >= 4 is 23.5 Å². The SMILES string of the molecule is CCCCCCCCCCCCCCCOc1cccc(C(=O)OCCCCOC(=O)CCC/C=C\C[C@@H]2[C@@H](/C=C/C[C@H](O)C3(CC)CCC3)[C@H](O)C[C@H]2Cl)c1. The Kier molecular flexibility index (Phi) is 24.8. The topological polar surface area (TPSA) is 102 Å². The molecule has 2 fully saturated rings. The van der Waals surface area contributed by atoms with Gasteiger partial charge in [0.05, 0.1) is 37.6 Å². The van der Waals surface area contributed by atoms with Crippen molar-refractivity contribution in [2.45, 2.75) is 192 Å². The molecule has 2 N–H and O–H groups in total. The van der Waals surface area contributed by atoms with Crippen molar-refractivity contribution in [1.29, 1.82) is 0 Å². The molecular formula is C48H77ClO7. The Morgan fingerprint density at radius 1 is 0.839 bits per heavy atom. The van der Waals surface area contributed by atoms with Gasteiger partial charge in [-0.25, -0.2) is 4.79 Å². The lowest BCUT2D eigenvalue weighted by atomic mass is 9.63. The van der Waals surface area contributed by atoms with Crippen molar-refractivity contribution in [1.82, 2.24) is 0 Å². The van der Waals surface area contributed by atoms with Gasteiger partial charge in [-0.2, -0.15) is 0 Å². The van der Waals surface area contributed by atoms with E-state index in [2.05, 4.69) is 38.2 Å². The second kappa shape index (κ2) is 29.0. The Morgan fingerprint density at radius 2 is 1.48 bits per heavy atom. The predicted octanol–water partition coefficient (Wildman–Crippen LogP) is 12.2. The fourth-order valence-corrected chi connectivity index (χ4v) is 8.75. The second-order valence-corrected chi connectivity index (χ2v) is 17.2. The molecule has 0 radical (unpaired) electrons. The van der Waals surface area contributed by atoms with E-state index in [1.807, 2.05) is 12.1 Å². The number of benzene rings is 1. The van der Waals surface area contributed by atoms with Crippen LogP contribution in [0.15, 0.2) is 48.6 Å². The fourth-order valence-electron chi connectivity index (χ4n) is 8.30. The molecule has 318 valence electrons. The number of aliphatic hydroxyl groups excluding tert-OH is 2. The Hall–Kier alpha value is -2.35. The first-order valence-electron chi connectivity index (χ1n) is 22.7.